The second kappa shape index (κ2) is 4.29. The van der Waals surface area contributed by atoms with Crippen LogP contribution in [0, 0.1) is 6.92 Å². The Balaban J connectivity index is 1.59. The quantitative estimate of drug-likeness (QED) is 0.830. The van der Waals surface area contributed by atoms with Crippen LogP contribution in [-0.4, -0.2) is 25.7 Å². The summed E-state index contributed by atoms with van der Waals surface area (Å²) in [5, 5.41) is 7.28. The highest BCUT2D eigenvalue weighted by Gasteiger charge is 2.20. The zero-order valence-electron chi connectivity index (χ0n) is 9.76. The summed E-state index contributed by atoms with van der Waals surface area (Å²) >= 11 is 0. The van der Waals surface area contributed by atoms with Gasteiger partial charge < -0.3 is 14.4 Å². The summed E-state index contributed by atoms with van der Waals surface area (Å²) in [6.45, 7) is 3.23. The molecule has 1 aliphatic carbocycles. The van der Waals surface area contributed by atoms with E-state index in [4.69, 9.17) is 4.52 Å². The smallest absolute Gasteiger partial charge is 0.223 e. The van der Waals surface area contributed by atoms with Gasteiger partial charge in [-0.15, -0.1) is 0 Å². The van der Waals surface area contributed by atoms with Crippen molar-refractivity contribution in [3.63, 3.8) is 0 Å². The fraction of sp³-hybridized carbons (Fsp3) is 0.545. The highest BCUT2D eigenvalue weighted by atomic mass is 16.5. The molecule has 0 saturated heterocycles. The van der Waals surface area contributed by atoms with Gasteiger partial charge >= 0.3 is 0 Å². The first-order chi connectivity index (χ1) is 8.29. The van der Waals surface area contributed by atoms with Gasteiger partial charge in [0.25, 0.3) is 0 Å². The minimum Gasteiger partial charge on any atom is -0.340 e. The molecular weight excluding hydrogens is 218 g/mol. The molecule has 2 aromatic rings. The largest absolute Gasteiger partial charge is 0.340 e. The number of nitrogens with zero attached hydrogens (tertiary/aromatic N) is 4. The van der Waals surface area contributed by atoms with Crippen LogP contribution in [0.1, 0.15) is 30.3 Å². The van der Waals surface area contributed by atoms with E-state index in [0.29, 0.717) is 24.3 Å². The molecule has 0 aromatic carbocycles. The molecule has 1 saturated carbocycles. The van der Waals surface area contributed by atoms with E-state index in [1.807, 2.05) is 10.8 Å². The lowest BCUT2D eigenvalue weighted by Crippen LogP contribution is -2.15. The van der Waals surface area contributed by atoms with E-state index < -0.39 is 0 Å². The van der Waals surface area contributed by atoms with E-state index in [0.717, 1.165) is 12.2 Å². The predicted molar refractivity (Wildman–Crippen MR) is 60.2 cm³/mol. The van der Waals surface area contributed by atoms with Gasteiger partial charge in [-0.3, -0.25) is 0 Å². The maximum absolute atomic E-state index is 4.92. The van der Waals surface area contributed by atoms with Gasteiger partial charge in [0, 0.05) is 25.7 Å². The number of hydrogen-bond acceptors (Lipinski definition) is 5. The molecule has 0 unspecified atom stereocenters. The lowest BCUT2D eigenvalue weighted by atomic mass is 10.4. The maximum atomic E-state index is 4.92. The molecule has 0 radical (unpaired) electrons. The van der Waals surface area contributed by atoms with E-state index in [-0.39, 0.29) is 0 Å². The van der Waals surface area contributed by atoms with Gasteiger partial charge in [0.1, 0.15) is 0 Å². The molecule has 3 rings (SSSR count). The Bertz CT molecular complexity index is 499. The first kappa shape index (κ1) is 10.5. The number of aryl methyl sites for hydroxylation is 1. The number of aromatic nitrogens is 4. The molecule has 0 bridgehead atoms. The maximum Gasteiger partial charge on any atom is 0.223 e. The van der Waals surface area contributed by atoms with Gasteiger partial charge in [0.05, 0.1) is 18.6 Å². The van der Waals surface area contributed by atoms with Crippen molar-refractivity contribution in [3.8, 4) is 0 Å². The summed E-state index contributed by atoms with van der Waals surface area (Å²) in [5.41, 5.74) is 1.05. The van der Waals surface area contributed by atoms with Gasteiger partial charge in [-0.25, -0.2) is 4.98 Å². The number of nitrogens with one attached hydrogen (secondary N) is 1. The molecular formula is C11H15N5O. The van der Waals surface area contributed by atoms with Gasteiger partial charge in [-0.1, -0.05) is 5.16 Å². The van der Waals surface area contributed by atoms with Crippen molar-refractivity contribution in [1.82, 2.24) is 25.0 Å². The number of hydrogen-bond donors (Lipinski definition) is 1. The van der Waals surface area contributed by atoms with E-state index >= 15 is 0 Å². The van der Waals surface area contributed by atoms with Crippen LogP contribution in [0.5, 0.6) is 0 Å². The van der Waals surface area contributed by atoms with Gasteiger partial charge in [0.15, 0.2) is 5.82 Å². The summed E-state index contributed by atoms with van der Waals surface area (Å²) < 4.78 is 6.89. The van der Waals surface area contributed by atoms with Gasteiger partial charge in [0.2, 0.25) is 5.89 Å². The molecule has 2 heterocycles. The summed E-state index contributed by atoms with van der Waals surface area (Å²) in [6, 6.07) is 0.708. The first-order valence-electron chi connectivity index (χ1n) is 5.83. The van der Waals surface area contributed by atoms with Crippen molar-refractivity contribution < 1.29 is 4.52 Å². The lowest BCUT2D eigenvalue weighted by molar-refractivity contribution is 0.386. The highest BCUT2D eigenvalue weighted by molar-refractivity contribution is 4.99. The SMILES string of the molecule is Cc1nc(Cn2cnc(CNC3CC3)c2)no1. The molecule has 90 valence electrons. The normalized spacial score (nSPS) is 15.4. The van der Waals surface area contributed by atoms with Crippen molar-refractivity contribution in [2.75, 3.05) is 0 Å². The fourth-order valence-electron chi connectivity index (χ4n) is 1.69. The molecule has 1 aliphatic rings. The van der Waals surface area contributed by atoms with Crippen LogP contribution in [0.2, 0.25) is 0 Å². The third kappa shape index (κ3) is 2.71. The monoisotopic (exact) mass is 233 g/mol. The van der Waals surface area contributed by atoms with Crippen molar-refractivity contribution in [3.05, 3.63) is 29.9 Å². The van der Waals surface area contributed by atoms with Crippen LogP contribution in [0.25, 0.3) is 0 Å². The van der Waals surface area contributed by atoms with Crippen LogP contribution < -0.4 is 5.32 Å². The zero-order chi connectivity index (χ0) is 11.7. The van der Waals surface area contributed by atoms with Crippen LogP contribution in [0.15, 0.2) is 17.0 Å². The zero-order valence-corrected chi connectivity index (χ0v) is 9.76. The highest BCUT2D eigenvalue weighted by Crippen LogP contribution is 2.18. The van der Waals surface area contributed by atoms with Crippen molar-refractivity contribution in [1.29, 1.82) is 0 Å². The van der Waals surface area contributed by atoms with E-state index in [2.05, 4.69) is 20.4 Å². The average molecular weight is 233 g/mol. The second-order valence-corrected chi connectivity index (χ2v) is 4.42. The Kier molecular flexibility index (Phi) is 2.64. The number of rotatable bonds is 5. The molecule has 17 heavy (non-hydrogen) atoms. The third-order valence-electron chi connectivity index (χ3n) is 2.73. The molecule has 0 atom stereocenters. The fourth-order valence-corrected chi connectivity index (χ4v) is 1.69. The molecule has 6 nitrogen and oxygen atoms in total. The average Bonchev–Trinajstić information content (AvgIpc) is 2.90. The van der Waals surface area contributed by atoms with Crippen LogP contribution in [0.3, 0.4) is 0 Å². The molecule has 1 fully saturated rings. The van der Waals surface area contributed by atoms with E-state index in [1.54, 1.807) is 13.3 Å². The first-order valence-corrected chi connectivity index (χ1v) is 5.83. The summed E-state index contributed by atoms with van der Waals surface area (Å²) in [7, 11) is 0. The Morgan fingerprint density at radius 2 is 2.41 bits per heavy atom. The minimum atomic E-state index is 0.593. The third-order valence-corrected chi connectivity index (χ3v) is 2.73. The predicted octanol–water partition coefficient (Wildman–Crippen LogP) is 0.875. The summed E-state index contributed by atoms with van der Waals surface area (Å²) in [4.78, 5) is 8.49. The van der Waals surface area contributed by atoms with Crippen molar-refractivity contribution in [2.45, 2.75) is 38.9 Å². The van der Waals surface area contributed by atoms with Crippen molar-refractivity contribution >= 4 is 0 Å². The molecule has 6 heteroatoms. The Morgan fingerprint density at radius 3 is 3.12 bits per heavy atom. The van der Waals surface area contributed by atoms with Gasteiger partial charge in [-0.05, 0) is 12.8 Å². The summed E-state index contributed by atoms with van der Waals surface area (Å²) in [5.74, 6) is 1.28. The Labute approximate surface area is 99.0 Å². The van der Waals surface area contributed by atoms with E-state index in [9.17, 15) is 0 Å². The Hall–Kier alpha value is -1.69. The van der Waals surface area contributed by atoms with Gasteiger partial charge in [-0.2, -0.15) is 4.98 Å². The van der Waals surface area contributed by atoms with E-state index in [1.165, 1.54) is 12.8 Å². The molecule has 0 spiro atoms. The minimum absolute atomic E-state index is 0.593. The van der Waals surface area contributed by atoms with Crippen LogP contribution in [0.4, 0.5) is 0 Å². The molecule has 2 aromatic heterocycles. The molecule has 0 amide bonds. The summed E-state index contributed by atoms with van der Waals surface area (Å²) in [6.07, 6.45) is 6.41. The van der Waals surface area contributed by atoms with Crippen LogP contribution >= 0.6 is 0 Å². The lowest BCUT2D eigenvalue weighted by Gasteiger charge is -1.98. The number of imidazole rings is 1. The standard InChI is InChI=1S/C11H15N5O/c1-8-14-11(15-17-8)6-16-5-10(13-7-16)4-12-9-2-3-9/h5,7,9,12H,2-4,6H2,1H3. The molecule has 0 aliphatic heterocycles. The van der Waals surface area contributed by atoms with Crippen molar-refractivity contribution in [2.24, 2.45) is 0 Å². The topological polar surface area (TPSA) is 68.8 Å². The van der Waals surface area contributed by atoms with Crippen LogP contribution in [-0.2, 0) is 13.1 Å². The Morgan fingerprint density at radius 1 is 1.53 bits per heavy atom. The molecule has 1 N–H and O–H groups in total. The second-order valence-electron chi connectivity index (χ2n) is 4.42.